The highest BCUT2D eigenvalue weighted by atomic mass is 16.2. The Morgan fingerprint density at radius 3 is 2.64 bits per heavy atom. The highest BCUT2D eigenvalue weighted by Crippen LogP contribution is 2.34. The zero-order valence-corrected chi connectivity index (χ0v) is 14.3. The van der Waals surface area contributed by atoms with Gasteiger partial charge in [-0.2, -0.15) is 0 Å². The number of anilines is 1. The lowest BCUT2D eigenvalue weighted by molar-refractivity contribution is -0.131. The topological polar surface area (TPSA) is 46.3 Å². The third kappa shape index (κ3) is 4.49. The molecule has 0 aromatic heterocycles. The Bertz CT molecular complexity index is 504. The van der Waals surface area contributed by atoms with Crippen LogP contribution < -0.4 is 5.73 Å². The fourth-order valence-electron chi connectivity index (χ4n) is 3.37. The SMILES string of the molecule is CC(C)(C)C1CCCN(C(=O)CCc2ccccc2N)CC1. The largest absolute Gasteiger partial charge is 0.399 e. The van der Waals surface area contributed by atoms with E-state index in [-0.39, 0.29) is 5.91 Å². The van der Waals surface area contributed by atoms with Gasteiger partial charge in [0, 0.05) is 25.2 Å². The number of likely N-dealkylation sites (tertiary alicyclic amines) is 1. The number of nitrogen functional groups attached to an aromatic ring is 1. The summed E-state index contributed by atoms with van der Waals surface area (Å²) in [5.74, 6) is 0.993. The van der Waals surface area contributed by atoms with Crippen molar-refractivity contribution < 1.29 is 4.79 Å². The van der Waals surface area contributed by atoms with E-state index in [1.54, 1.807) is 0 Å². The highest BCUT2D eigenvalue weighted by molar-refractivity contribution is 5.76. The summed E-state index contributed by atoms with van der Waals surface area (Å²) < 4.78 is 0. The van der Waals surface area contributed by atoms with Gasteiger partial charge in [-0.05, 0) is 48.6 Å². The maximum absolute atomic E-state index is 12.5. The van der Waals surface area contributed by atoms with Gasteiger partial charge in [-0.1, -0.05) is 39.0 Å². The van der Waals surface area contributed by atoms with Crippen LogP contribution in [-0.4, -0.2) is 23.9 Å². The summed E-state index contributed by atoms with van der Waals surface area (Å²) >= 11 is 0. The smallest absolute Gasteiger partial charge is 0.222 e. The number of carbonyl (C=O) groups excluding carboxylic acids is 1. The van der Waals surface area contributed by atoms with E-state index in [0.717, 1.165) is 49.5 Å². The third-order valence-corrected chi connectivity index (χ3v) is 4.97. The Morgan fingerprint density at radius 2 is 1.95 bits per heavy atom. The Balaban J connectivity index is 1.87. The molecule has 0 aliphatic carbocycles. The molecule has 122 valence electrons. The van der Waals surface area contributed by atoms with Crippen molar-refractivity contribution in [3.8, 4) is 0 Å². The Morgan fingerprint density at radius 1 is 1.23 bits per heavy atom. The normalized spacial score (nSPS) is 19.8. The lowest BCUT2D eigenvalue weighted by atomic mass is 9.77. The molecule has 22 heavy (non-hydrogen) atoms. The molecule has 1 atom stereocenters. The molecular formula is C19H30N2O. The number of benzene rings is 1. The Labute approximate surface area is 134 Å². The quantitative estimate of drug-likeness (QED) is 0.861. The predicted octanol–water partition coefficient (Wildman–Crippen LogP) is 3.88. The molecule has 1 heterocycles. The summed E-state index contributed by atoms with van der Waals surface area (Å²) in [4.78, 5) is 14.5. The van der Waals surface area contributed by atoms with E-state index in [9.17, 15) is 4.79 Å². The molecule has 1 aromatic rings. The second-order valence-electron chi connectivity index (χ2n) is 7.57. The minimum Gasteiger partial charge on any atom is -0.399 e. The molecule has 1 aliphatic rings. The molecule has 1 aromatic carbocycles. The number of nitrogens with two attached hydrogens (primary N) is 1. The van der Waals surface area contributed by atoms with E-state index in [4.69, 9.17) is 5.73 Å². The van der Waals surface area contributed by atoms with Crippen LogP contribution >= 0.6 is 0 Å². The van der Waals surface area contributed by atoms with Crippen LogP contribution in [0.1, 0.15) is 52.0 Å². The van der Waals surface area contributed by atoms with E-state index >= 15 is 0 Å². The molecule has 3 nitrogen and oxygen atoms in total. The number of rotatable bonds is 3. The monoisotopic (exact) mass is 302 g/mol. The van der Waals surface area contributed by atoms with Crippen molar-refractivity contribution in [3.05, 3.63) is 29.8 Å². The zero-order chi connectivity index (χ0) is 16.2. The molecule has 0 bridgehead atoms. The van der Waals surface area contributed by atoms with E-state index in [1.165, 1.54) is 6.42 Å². The van der Waals surface area contributed by atoms with Gasteiger partial charge in [0.1, 0.15) is 0 Å². The van der Waals surface area contributed by atoms with Crippen molar-refractivity contribution in [2.45, 2.75) is 52.9 Å². The lowest BCUT2D eigenvalue weighted by Crippen LogP contribution is -2.32. The minimum atomic E-state index is 0.276. The van der Waals surface area contributed by atoms with Crippen molar-refractivity contribution in [2.75, 3.05) is 18.8 Å². The fraction of sp³-hybridized carbons (Fsp3) is 0.632. The van der Waals surface area contributed by atoms with E-state index < -0.39 is 0 Å². The summed E-state index contributed by atoms with van der Waals surface area (Å²) in [7, 11) is 0. The number of carbonyl (C=O) groups is 1. The average Bonchev–Trinajstić information content (AvgIpc) is 2.71. The predicted molar refractivity (Wildman–Crippen MR) is 92.6 cm³/mol. The molecule has 2 rings (SSSR count). The average molecular weight is 302 g/mol. The number of amides is 1. The zero-order valence-electron chi connectivity index (χ0n) is 14.3. The number of hydrogen-bond donors (Lipinski definition) is 1. The molecule has 0 saturated carbocycles. The molecule has 0 radical (unpaired) electrons. The van der Waals surface area contributed by atoms with Crippen LogP contribution in [-0.2, 0) is 11.2 Å². The molecule has 1 saturated heterocycles. The van der Waals surface area contributed by atoms with Gasteiger partial charge in [-0.25, -0.2) is 0 Å². The van der Waals surface area contributed by atoms with Crippen LogP contribution in [0.4, 0.5) is 5.69 Å². The molecule has 1 aliphatic heterocycles. The van der Waals surface area contributed by atoms with Crippen molar-refractivity contribution in [1.82, 2.24) is 4.90 Å². The Hall–Kier alpha value is -1.51. The summed E-state index contributed by atoms with van der Waals surface area (Å²) in [6.07, 6.45) is 4.79. The molecular weight excluding hydrogens is 272 g/mol. The first kappa shape index (κ1) is 16.9. The summed E-state index contributed by atoms with van der Waals surface area (Å²) in [6.45, 7) is 8.76. The van der Waals surface area contributed by atoms with E-state index in [0.29, 0.717) is 11.8 Å². The molecule has 1 amide bonds. The van der Waals surface area contributed by atoms with Crippen LogP contribution in [0.3, 0.4) is 0 Å². The number of hydrogen-bond acceptors (Lipinski definition) is 2. The number of para-hydroxylation sites is 1. The van der Waals surface area contributed by atoms with Gasteiger partial charge >= 0.3 is 0 Å². The second kappa shape index (κ2) is 7.17. The first-order valence-corrected chi connectivity index (χ1v) is 8.49. The first-order valence-electron chi connectivity index (χ1n) is 8.49. The molecule has 3 heteroatoms. The first-order chi connectivity index (χ1) is 10.4. The number of aryl methyl sites for hydroxylation is 1. The van der Waals surface area contributed by atoms with Gasteiger partial charge in [0.2, 0.25) is 5.91 Å². The minimum absolute atomic E-state index is 0.276. The number of nitrogens with zero attached hydrogens (tertiary/aromatic N) is 1. The van der Waals surface area contributed by atoms with Gasteiger partial charge in [0.15, 0.2) is 0 Å². The summed E-state index contributed by atoms with van der Waals surface area (Å²) in [6, 6.07) is 7.83. The standard InChI is InChI=1S/C19H30N2O/c1-19(2,3)16-8-6-13-21(14-12-16)18(22)11-10-15-7-4-5-9-17(15)20/h4-5,7,9,16H,6,8,10-14,20H2,1-3H3. The van der Waals surface area contributed by atoms with Crippen LogP contribution in [0.2, 0.25) is 0 Å². The van der Waals surface area contributed by atoms with Gasteiger partial charge in [-0.15, -0.1) is 0 Å². The molecule has 2 N–H and O–H groups in total. The van der Waals surface area contributed by atoms with Crippen molar-refractivity contribution in [1.29, 1.82) is 0 Å². The maximum Gasteiger partial charge on any atom is 0.222 e. The summed E-state index contributed by atoms with van der Waals surface area (Å²) in [5, 5.41) is 0. The van der Waals surface area contributed by atoms with E-state index in [2.05, 4.69) is 25.7 Å². The van der Waals surface area contributed by atoms with Crippen LogP contribution in [0.15, 0.2) is 24.3 Å². The van der Waals surface area contributed by atoms with Gasteiger partial charge in [0.05, 0.1) is 0 Å². The van der Waals surface area contributed by atoms with Gasteiger partial charge in [0.25, 0.3) is 0 Å². The van der Waals surface area contributed by atoms with Crippen LogP contribution in [0.25, 0.3) is 0 Å². The van der Waals surface area contributed by atoms with E-state index in [1.807, 2.05) is 24.3 Å². The van der Waals surface area contributed by atoms with Crippen LogP contribution in [0.5, 0.6) is 0 Å². The van der Waals surface area contributed by atoms with Gasteiger partial charge in [-0.3, -0.25) is 4.79 Å². The molecule has 1 fully saturated rings. The third-order valence-electron chi connectivity index (χ3n) is 4.97. The maximum atomic E-state index is 12.5. The van der Waals surface area contributed by atoms with Crippen LogP contribution in [0, 0.1) is 11.3 Å². The van der Waals surface area contributed by atoms with Gasteiger partial charge < -0.3 is 10.6 Å². The Kier molecular flexibility index (Phi) is 5.49. The lowest BCUT2D eigenvalue weighted by Gasteiger charge is -2.29. The molecule has 1 unspecified atom stereocenters. The van der Waals surface area contributed by atoms with Crippen molar-refractivity contribution >= 4 is 11.6 Å². The van der Waals surface area contributed by atoms with Crippen molar-refractivity contribution in [2.24, 2.45) is 11.3 Å². The molecule has 0 spiro atoms. The second-order valence-corrected chi connectivity index (χ2v) is 7.57. The fourth-order valence-corrected chi connectivity index (χ4v) is 3.37. The highest BCUT2D eigenvalue weighted by Gasteiger charge is 2.28. The van der Waals surface area contributed by atoms with Crippen molar-refractivity contribution in [3.63, 3.8) is 0 Å². The summed E-state index contributed by atoms with van der Waals surface area (Å²) in [5.41, 5.74) is 8.17.